The fraction of sp³-hybridized carbons (Fsp3) is 0.188. The fourth-order valence-electron chi connectivity index (χ4n) is 2.03. The number of aromatic nitrogens is 4. The van der Waals surface area contributed by atoms with Crippen LogP contribution < -0.4 is 5.32 Å². The highest BCUT2D eigenvalue weighted by atomic mass is 32.1. The average molecular weight is 357 g/mol. The molecule has 0 atom stereocenters. The molecule has 0 unspecified atom stereocenters. The molecule has 0 radical (unpaired) electrons. The van der Waals surface area contributed by atoms with Crippen molar-refractivity contribution in [1.29, 1.82) is 0 Å². The first-order valence-corrected chi connectivity index (χ1v) is 8.29. The highest BCUT2D eigenvalue weighted by Gasteiger charge is 2.18. The van der Waals surface area contributed by atoms with E-state index in [1.54, 1.807) is 12.3 Å². The van der Waals surface area contributed by atoms with Crippen molar-refractivity contribution in [2.45, 2.75) is 20.5 Å². The first kappa shape index (κ1) is 16.8. The summed E-state index contributed by atoms with van der Waals surface area (Å²) in [6, 6.07) is 9.29. The van der Waals surface area contributed by atoms with Gasteiger partial charge in [-0.1, -0.05) is 18.2 Å². The number of amides is 1. The number of carbonyl (C=O) groups is 2. The van der Waals surface area contributed by atoms with Gasteiger partial charge in [0.05, 0.1) is 17.1 Å². The van der Waals surface area contributed by atoms with E-state index < -0.39 is 5.97 Å². The Balaban J connectivity index is 1.66. The van der Waals surface area contributed by atoms with Crippen LogP contribution in [0.3, 0.4) is 0 Å². The second kappa shape index (κ2) is 7.22. The van der Waals surface area contributed by atoms with E-state index in [4.69, 9.17) is 4.74 Å². The lowest BCUT2D eigenvalue weighted by atomic mass is 10.3. The largest absolute Gasteiger partial charge is 0.454 e. The smallest absolute Gasteiger partial charge is 0.361 e. The Kier molecular flexibility index (Phi) is 4.85. The van der Waals surface area contributed by atoms with Crippen molar-refractivity contribution in [3.63, 3.8) is 0 Å². The molecule has 1 aromatic carbocycles. The summed E-state index contributed by atoms with van der Waals surface area (Å²) in [7, 11) is 0. The first-order chi connectivity index (χ1) is 12.0. The topological polar surface area (TPSA) is 99.0 Å². The second-order valence-corrected chi connectivity index (χ2v) is 6.02. The molecule has 8 nitrogen and oxygen atoms in total. The van der Waals surface area contributed by atoms with Gasteiger partial charge in [-0.15, -0.1) is 16.4 Å². The third-order valence-corrected chi connectivity index (χ3v) is 3.96. The van der Waals surface area contributed by atoms with Gasteiger partial charge < -0.3 is 10.1 Å². The third-order valence-electron chi connectivity index (χ3n) is 3.15. The Bertz CT molecular complexity index is 904. The Hall–Kier alpha value is -3.07. The standard InChI is InChI=1S/C16H15N5O3S/c1-10-14(20-21(19-10)13-6-4-3-5-7-13)15(23)24-8-12-9-25-16(18-12)17-11(2)22/h3-7,9H,8H2,1-2H3,(H,17,18,22). The van der Waals surface area contributed by atoms with Crippen molar-refractivity contribution in [3.05, 3.63) is 52.8 Å². The molecule has 9 heteroatoms. The van der Waals surface area contributed by atoms with Gasteiger partial charge in [0.2, 0.25) is 5.91 Å². The van der Waals surface area contributed by atoms with Crippen LogP contribution in [0, 0.1) is 6.92 Å². The zero-order valence-corrected chi connectivity index (χ0v) is 14.4. The molecule has 3 aromatic rings. The van der Waals surface area contributed by atoms with Crippen LogP contribution in [0.4, 0.5) is 5.13 Å². The van der Waals surface area contributed by atoms with Crippen molar-refractivity contribution >= 4 is 28.3 Å². The van der Waals surface area contributed by atoms with Crippen LogP contribution >= 0.6 is 11.3 Å². The summed E-state index contributed by atoms with van der Waals surface area (Å²) in [5.41, 5.74) is 1.94. The minimum Gasteiger partial charge on any atom is -0.454 e. The van der Waals surface area contributed by atoms with Crippen molar-refractivity contribution in [2.24, 2.45) is 0 Å². The van der Waals surface area contributed by atoms with Crippen LogP contribution in [-0.4, -0.2) is 31.9 Å². The summed E-state index contributed by atoms with van der Waals surface area (Å²) in [5.74, 6) is -0.778. The van der Waals surface area contributed by atoms with Crippen LogP contribution in [0.1, 0.15) is 28.8 Å². The van der Waals surface area contributed by atoms with E-state index in [-0.39, 0.29) is 18.2 Å². The van der Waals surface area contributed by atoms with Crippen molar-refractivity contribution in [2.75, 3.05) is 5.32 Å². The van der Waals surface area contributed by atoms with Gasteiger partial charge in [-0.05, 0) is 19.1 Å². The molecule has 0 saturated carbocycles. The molecule has 0 fully saturated rings. The van der Waals surface area contributed by atoms with Crippen LogP contribution in [0.15, 0.2) is 35.7 Å². The molecule has 0 spiro atoms. The number of ether oxygens (including phenoxy) is 1. The van der Waals surface area contributed by atoms with Gasteiger partial charge in [0.25, 0.3) is 0 Å². The number of para-hydroxylation sites is 1. The molecule has 0 bridgehead atoms. The Morgan fingerprint density at radius 2 is 2.00 bits per heavy atom. The number of hydrogen-bond donors (Lipinski definition) is 1. The summed E-state index contributed by atoms with van der Waals surface area (Å²) in [4.78, 5) is 28.8. The maximum absolute atomic E-state index is 12.2. The third kappa shape index (κ3) is 4.07. The van der Waals surface area contributed by atoms with Gasteiger partial charge in [0.15, 0.2) is 10.8 Å². The number of esters is 1. The van der Waals surface area contributed by atoms with Crippen molar-refractivity contribution in [1.82, 2.24) is 20.0 Å². The van der Waals surface area contributed by atoms with Crippen LogP contribution in [-0.2, 0) is 16.1 Å². The molecule has 25 heavy (non-hydrogen) atoms. The molecule has 2 aromatic heterocycles. The fourth-order valence-corrected chi connectivity index (χ4v) is 2.77. The number of nitrogens with one attached hydrogen (secondary N) is 1. The van der Waals surface area contributed by atoms with Gasteiger partial charge >= 0.3 is 5.97 Å². The maximum atomic E-state index is 12.2. The Morgan fingerprint density at radius 3 is 2.72 bits per heavy atom. The molecule has 128 valence electrons. The number of benzene rings is 1. The van der Waals surface area contributed by atoms with Gasteiger partial charge in [-0.2, -0.15) is 9.90 Å². The number of rotatable bonds is 5. The van der Waals surface area contributed by atoms with E-state index in [1.165, 1.54) is 23.1 Å². The average Bonchev–Trinajstić information content (AvgIpc) is 3.19. The summed E-state index contributed by atoms with van der Waals surface area (Å²) in [5, 5.41) is 13.2. The Labute approximate surface area is 147 Å². The molecular formula is C16H15N5O3S. The predicted molar refractivity (Wildman–Crippen MR) is 91.6 cm³/mol. The van der Waals surface area contributed by atoms with E-state index >= 15 is 0 Å². The summed E-state index contributed by atoms with van der Waals surface area (Å²) in [6.45, 7) is 3.09. The zero-order chi connectivity index (χ0) is 17.8. The van der Waals surface area contributed by atoms with E-state index in [0.717, 1.165) is 5.69 Å². The number of nitrogens with zero attached hydrogens (tertiary/aromatic N) is 4. The molecule has 0 aliphatic rings. The lowest BCUT2D eigenvalue weighted by molar-refractivity contribution is -0.114. The molecule has 0 aliphatic heterocycles. The molecule has 2 heterocycles. The number of thiazole rings is 1. The monoisotopic (exact) mass is 357 g/mol. The molecule has 1 N–H and O–H groups in total. The minimum absolute atomic E-state index is 0.00739. The quantitative estimate of drug-likeness (QED) is 0.704. The summed E-state index contributed by atoms with van der Waals surface area (Å²) >= 11 is 1.26. The summed E-state index contributed by atoms with van der Waals surface area (Å²) < 4.78 is 5.24. The van der Waals surface area contributed by atoms with Crippen molar-refractivity contribution < 1.29 is 14.3 Å². The second-order valence-electron chi connectivity index (χ2n) is 5.16. The molecule has 3 rings (SSSR count). The maximum Gasteiger partial charge on any atom is 0.361 e. The van der Waals surface area contributed by atoms with E-state index in [0.29, 0.717) is 16.5 Å². The minimum atomic E-state index is -0.575. The van der Waals surface area contributed by atoms with Crippen LogP contribution in [0.5, 0.6) is 0 Å². The molecule has 1 amide bonds. The van der Waals surface area contributed by atoms with Gasteiger partial charge in [0, 0.05) is 12.3 Å². The Morgan fingerprint density at radius 1 is 1.24 bits per heavy atom. The molecular weight excluding hydrogens is 342 g/mol. The number of anilines is 1. The van der Waals surface area contributed by atoms with Crippen molar-refractivity contribution in [3.8, 4) is 5.69 Å². The molecule has 0 aliphatic carbocycles. The van der Waals surface area contributed by atoms with E-state index in [2.05, 4.69) is 20.5 Å². The van der Waals surface area contributed by atoms with Gasteiger partial charge in [0.1, 0.15) is 6.61 Å². The SMILES string of the molecule is CC(=O)Nc1nc(COC(=O)c2nn(-c3ccccc3)nc2C)cs1. The number of carbonyl (C=O) groups excluding carboxylic acids is 2. The van der Waals surface area contributed by atoms with E-state index in [9.17, 15) is 9.59 Å². The number of aryl methyl sites for hydroxylation is 1. The van der Waals surface area contributed by atoms with Gasteiger partial charge in [-0.3, -0.25) is 4.79 Å². The zero-order valence-electron chi connectivity index (χ0n) is 13.6. The number of hydrogen-bond acceptors (Lipinski definition) is 7. The molecule has 0 saturated heterocycles. The van der Waals surface area contributed by atoms with E-state index in [1.807, 2.05) is 30.3 Å². The van der Waals surface area contributed by atoms with Crippen LogP contribution in [0.2, 0.25) is 0 Å². The normalized spacial score (nSPS) is 10.5. The summed E-state index contributed by atoms with van der Waals surface area (Å²) in [6.07, 6.45) is 0. The lowest BCUT2D eigenvalue weighted by Gasteiger charge is -2.00. The first-order valence-electron chi connectivity index (χ1n) is 7.41. The highest BCUT2D eigenvalue weighted by molar-refractivity contribution is 7.13. The lowest BCUT2D eigenvalue weighted by Crippen LogP contribution is -2.09. The predicted octanol–water partition coefficient (Wildman–Crippen LogP) is 2.35. The van der Waals surface area contributed by atoms with Crippen LogP contribution in [0.25, 0.3) is 5.69 Å². The highest BCUT2D eigenvalue weighted by Crippen LogP contribution is 2.16. The van der Waals surface area contributed by atoms with Gasteiger partial charge in [-0.25, -0.2) is 9.78 Å².